The molecule has 0 bridgehead atoms. The zero-order valence-corrected chi connectivity index (χ0v) is 13.3. The average molecular weight is 302 g/mol. The fraction of sp³-hybridized carbons (Fsp3) is 0.562. The molecule has 2 aromatic rings. The number of aromatic nitrogens is 3. The van der Waals surface area contributed by atoms with Crippen molar-refractivity contribution < 1.29 is 9.90 Å². The Bertz CT molecular complexity index is 707. The molecule has 1 atom stereocenters. The monoisotopic (exact) mass is 302 g/mol. The molecule has 6 heteroatoms. The number of aliphatic hydroxyl groups excluding tert-OH is 1. The van der Waals surface area contributed by atoms with Gasteiger partial charge in [-0.3, -0.25) is 4.79 Å². The topological polar surface area (TPSA) is 71.2 Å². The number of likely N-dealkylation sites (tertiary alicyclic amines) is 1. The Balaban J connectivity index is 2.04. The Morgan fingerprint density at radius 2 is 2.23 bits per heavy atom. The van der Waals surface area contributed by atoms with Gasteiger partial charge in [-0.15, -0.1) is 0 Å². The van der Waals surface area contributed by atoms with Crippen LogP contribution in [0.3, 0.4) is 0 Å². The molecule has 3 heterocycles. The fourth-order valence-electron chi connectivity index (χ4n) is 3.01. The molecule has 6 nitrogen and oxygen atoms in total. The molecule has 0 saturated carbocycles. The number of amides is 1. The van der Waals surface area contributed by atoms with Gasteiger partial charge in [0.1, 0.15) is 0 Å². The summed E-state index contributed by atoms with van der Waals surface area (Å²) in [7, 11) is 0. The highest BCUT2D eigenvalue weighted by molar-refractivity contribution is 6.05. The lowest BCUT2D eigenvalue weighted by Gasteiger charge is -2.30. The van der Waals surface area contributed by atoms with Gasteiger partial charge in [0.25, 0.3) is 5.91 Å². The molecule has 0 radical (unpaired) electrons. The van der Waals surface area contributed by atoms with Crippen molar-refractivity contribution in [2.24, 2.45) is 0 Å². The second-order valence-corrected chi connectivity index (χ2v) is 6.28. The maximum absolute atomic E-state index is 12.8. The first-order valence-electron chi connectivity index (χ1n) is 7.79. The van der Waals surface area contributed by atoms with E-state index in [4.69, 9.17) is 0 Å². The average Bonchev–Trinajstić information content (AvgIpc) is 2.89. The van der Waals surface area contributed by atoms with Gasteiger partial charge in [0.2, 0.25) is 0 Å². The van der Waals surface area contributed by atoms with Crippen molar-refractivity contribution in [2.75, 3.05) is 13.1 Å². The molecule has 1 aliphatic heterocycles. The number of hydrogen-bond donors (Lipinski definition) is 1. The lowest BCUT2D eigenvalue weighted by molar-refractivity contribution is 0.0475. The zero-order chi connectivity index (χ0) is 15.9. The number of pyridine rings is 1. The summed E-state index contributed by atoms with van der Waals surface area (Å²) in [6.45, 7) is 7.06. The van der Waals surface area contributed by atoms with Crippen LogP contribution in [-0.2, 0) is 0 Å². The van der Waals surface area contributed by atoms with Crippen molar-refractivity contribution in [3.63, 3.8) is 0 Å². The van der Waals surface area contributed by atoms with E-state index in [0.717, 1.165) is 29.6 Å². The van der Waals surface area contributed by atoms with Crippen LogP contribution in [0.15, 0.2) is 12.3 Å². The van der Waals surface area contributed by atoms with E-state index >= 15 is 0 Å². The van der Waals surface area contributed by atoms with Crippen LogP contribution < -0.4 is 0 Å². The molecule has 1 aliphatic rings. The molecule has 1 amide bonds. The van der Waals surface area contributed by atoms with Crippen molar-refractivity contribution in [2.45, 2.75) is 45.8 Å². The highest BCUT2D eigenvalue weighted by Crippen LogP contribution is 2.23. The summed E-state index contributed by atoms with van der Waals surface area (Å²) in [4.78, 5) is 19.1. The van der Waals surface area contributed by atoms with Crippen LogP contribution >= 0.6 is 0 Å². The van der Waals surface area contributed by atoms with Gasteiger partial charge in [-0.25, -0.2) is 9.67 Å². The van der Waals surface area contributed by atoms with Crippen LogP contribution in [0.25, 0.3) is 11.0 Å². The molecule has 0 unspecified atom stereocenters. The van der Waals surface area contributed by atoms with Gasteiger partial charge in [-0.2, -0.15) is 5.10 Å². The molecule has 1 fully saturated rings. The number of aliphatic hydroxyl groups is 1. The van der Waals surface area contributed by atoms with Gasteiger partial charge in [-0.05, 0) is 39.7 Å². The van der Waals surface area contributed by atoms with Crippen LogP contribution in [0.4, 0.5) is 0 Å². The fourth-order valence-corrected chi connectivity index (χ4v) is 3.01. The number of aryl methyl sites for hydroxylation is 1. The maximum atomic E-state index is 12.8. The first-order chi connectivity index (χ1) is 10.5. The van der Waals surface area contributed by atoms with Gasteiger partial charge in [0, 0.05) is 24.8 Å². The normalized spacial score (nSPS) is 19.1. The van der Waals surface area contributed by atoms with Gasteiger partial charge in [0.15, 0.2) is 5.65 Å². The molecule has 3 rings (SSSR count). The van der Waals surface area contributed by atoms with Crippen LogP contribution in [0.1, 0.15) is 48.8 Å². The summed E-state index contributed by atoms with van der Waals surface area (Å²) in [5.74, 6) is -0.0439. The first kappa shape index (κ1) is 15.0. The maximum Gasteiger partial charge on any atom is 0.254 e. The number of hydrogen-bond acceptors (Lipinski definition) is 4. The number of rotatable bonds is 2. The minimum Gasteiger partial charge on any atom is -0.391 e. The largest absolute Gasteiger partial charge is 0.391 e. The number of β-amino-alcohol motifs (C(OH)–C–C–N with tert-alkyl or cyclic N) is 1. The summed E-state index contributed by atoms with van der Waals surface area (Å²) in [6.07, 6.45) is 2.90. The van der Waals surface area contributed by atoms with Gasteiger partial charge in [0.05, 0.1) is 23.3 Å². The molecule has 1 N–H and O–H groups in total. The molecular formula is C16H22N4O2. The Hall–Kier alpha value is -1.95. The summed E-state index contributed by atoms with van der Waals surface area (Å²) < 4.78 is 1.84. The Morgan fingerprint density at radius 1 is 1.45 bits per heavy atom. The lowest BCUT2D eigenvalue weighted by atomic mass is 10.1. The molecule has 118 valence electrons. The van der Waals surface area contributed by atoms with E-state index in [-0.39, 0.29) is 11.9 Å². The third kappa shape index (κ3) is 2.59. The minimum absolute atomic E-state index is 0.0439. The first-order valence-corrected chi connectivity index (χ1v) is 7.79. The Labute approximate surface area is 129 Å². The molecule has 0 aliphatic carbocycles. The number of fused-ring (bicyclic) bond motifs is 1. The minimum atomic E-state index is -0.422. The third-order valence-electron chi connectivity index (χ3n) is 4.10. The predicted molar refractivity (Wildman–Crippen MR) is 83.8 cm³/mol. The van der Waals surface area contributed by atoms with Crippen molar-refractivity contribution in [3.05, 3.63) is 23.5 Å². The van der Waals surface area contributed by atoms with E-state index in [9.17, 15) is 9.90 Å². The highest BCUT2D eigenvalue weighted by Gasteiger charge is 2.25. The number of nitrogens with zero attached hydrogens (tertiary/aromatic N) is 4. The van der Waals surface area contributed by atoms with Crippen LogP contribution in [-0.4, -0.2) is 49.9 Å². The van der Waals surface area contributed by atoms with Crippen molar-refractivity contribution in [1.82, 2.24) is 19.7 Å². The smallest absolute Gasteiger partial charge is 0.254 e. The molecule has 2 aromatic heterocycles. The van der Waals surface area contributed by atoms with E-state index in [2.05, 4.69) is 10.1 Å². The second-order valence-electron chi connectivity index (χ2n) is 6.28. The SMILES string of the molecule is Cc1cc(C(=O)N2CCC[C@@H](O)C2)c2cnn(C(C)C)c2n1. The summed E-state index contributed by atoms with van der Waals surface area (Å²) in [5, 5.41) is 15.0. The molecular weight excluding hydrogens is 280 g/mol. The quantitative estimate of drug-likeness (QED) is 0.920. The molecule has 0 aromatic carbocycles. The van der Waals surface area contributed by atoms with Crippen molar-refractivity contribution >= 4 is 16.9 Å². The second kappa shape index (κ2) is 5.68. The summed E-state index contributed by atoms with van der Waals surface area (Å²) in [5.41, 5.74) is 2.18. The Morgan fingerprint density at radius 3 is 2.91 bits per heavy atom. The number of carbonyl (C=O) groups excluding carboxylic acids is 1. The Kier molecular flexibility index (Phi) is 3.87. The van der Waals surface area contributed by atoms with Crippen molar-refractivity contribution in [1.29, 1.82) is 0 Å². The molecule has 1 saturated heterocycles. The van der Waals surface area contributed by atoms with E-state index in [0.29, 0.717) is 18.7 Å². The highest BCUT2D eigenvalue weighted by atomic mass is 16.3. The van der Waals surface area contributed by atoms with Crippen molar-refractivity contribution in [3.8, 4) is 0 Å². The lowest BCUT2D eigenvalue weighted by Crippen LogP contribution is -2.42. The van der Waals surface area contributed by atoms with Crippen LogP contribution in [0.5, 0.6) is 0 Å². The number of piperidine rings is 1. The summed E-state index contributed by atoms with van der Waals surface area (Å²) in [6, 6.07) is 2.00. The van der Waals surface area contributed by atoms with E-state index in [1.54, 1.807) is 11.1 Å². The number of carbonyl (C=O) groups is 1. The van der Waals surface area contributed by atoms with Gasteiger partial charge >= 0.3 is 0 Å². The molecule has 0 spiro atoms. The third-order valence-corrected chi connectivity index (χ3v) is 4.10. The van der Waals surface area contributed by atoms with E-state index in [1.807, 2.05) is 31.5 Å². The van der Waals surface area contributed by atoms with E-state index < -0.39 is 6.10 Å². The summed E-state index contributed by atoms with van der Waals surface area (Å²) >= 11 is 0. The molecule has 22 heavy (non-hydrogen) atoms. The standard InChI is InChI=1S/C16H22N4O2/c1-10(2)20-15-14(8-17-20)13(7-11(3)18-15)16(22)19-6-4-5-12(21)9-19/h7-8,10,12,21H,4-6,9H2,1-3H3/t12-/m1/s1. The van der Waals surface area contributed by atoms with Crippen LogP contribution in [0.2, 0.25) is 0 Å². The van der Waals surface area contributed by atoms with Gasteiger partial charge < -0.3 is 10.0 Å². The van der Waals surface area contributed by atoms with Gasteiger partial charge in [-0.1, -0.05) is 0 Å². The predicted octanol–water partition coefficient (Wildman–Crippen LogP) is 1.92. The van der Waals surface area contributed by atoms with E-state index in [1.165, 1.54) is 0 Å². The van der Waals surface area contributed by atoms with Crippen LogP contribution in [0, 0.1) is 6.92 Å². The zero-order valence-electron chi connectivity index (χ0n) is 13.3.